The maximum absolute atomic E-state index is 6.53. The lowest BCUT2D eigenvalue weighted by Crippen LogP contribution is -2.50. The molecule has 0 amide bonds. The second kappa shape index (κ2) is 9.95. The third-order valence-electron chi connectivity index (χ3n) is 5.62. The van der Waals surface area contributed by atoms with Gasteiger partial charge in [0.15, 0.2) is 0 Å². The Morgan fingerprint density at radius 1 is 0.906 bits per heavy atom. The van der Waals surface area contributed by atoms with E-state index in [0.717, 1.165) is 34.7 Å². The lowest BCUT2D eigenvalue weighted by molar-refractivity contribution is -0.170. The van der Waals surface area contributed by atoms with Crippen LogP contribution in [0.2, 0.25) is 5.02 Å². The van der Waals surface area contributed by atoms with Crippen LogP contribution in [-0.2, 0) is 22.7 Å². The number of anilines is 1. The first-order chi connectivity index (χ1) is 15.5. The molecule has 1 N–H and O–H groups in total. The van der Waals surface area contributed by atoms with Crippen LogP contribution in [0.3, 0.4) is 0 Å². The zero-order valence-corrected chi connectivity index (χ0v) is 19.6. The molecule has 0 saturated carbocycles. The first-order valence-electron chi connectivity index (χ1n) is 11.0. The lowest BCUT2D eigenvalue weighted by atomic mass is 9.87. The van der Waals surface area contributed by atoms with Gasteiger partial charge >= 0.3 is 0 Å². The molecule has 32 heavy (non-hydrogen) atoms. The molecule has 0 fully saturated rings. The maximum atomic E-state index is 6.53. The Morgan fingerprint density at radius 3 is 2.41 bits per heavy atom. The third kappa shape index (κ3) is 5.26. The number of benzene rings is 3. The summed E-state index contributed by atoms with van der Waals surface area (Å²) >= 11 is 6.17. The van der Waals surface area contributed by atoms with E-state index in [4.69, 9.17) is 25.8 Å². The minimum absolute atomic E-state index is 0.285. The number of hydrogen-bond acceptors (Lipinski definition) is 4. The Morgan fingerprint density at radius 2 is 1.66 bits per heavy atom. The van der Waals surface area contributed by atoms with Crippen molar-refractivity contribution in [1.29, 1.82) is 0 Å². The van der Waals surface area contributed by atoms with Crippen molar-refractivity contribution in [3.8, 4) is 5.75 Å². The molecule has 1 aliphatic rings. The summed E-state index contributed by atoms with van der Waals surface area (Å²) in [5.41, 5.74) is 3.59. The lowest BCUT2D eigenvalue weighted by Gasteiger charge is -2.44. The molecule has 3 aromatic rings. The molecule has 2 unspecified atom stereocenters. The smallest absolute Gasteiger partial charge is 0.132 e. The Bertz CT molecular complexity index is 1040. The highest BCUT2D eigenvalue weighted by molar-refractivity contribution is 6.30. The topological polar surface area (TPSA) is 39.7 Å². The van der Waals surface area contributed by atoms with Gasteiger partial charge in [-0.25, -0.2) is 0 Å². The summed E-state index contributed by atoms with van der Waals surface area (Å²) in [7, 11) is 0. The minimum Gasteiger partial charge on any atom is -0.485 e. The minimum atomic E-state index is -0.577. The normalized spacial score (nSPS) is 19.1. The Balaban J connectivity index is 1.64. The van der Waals surface area contributed by atoms with Crippen molar-refractivity contribution in [1.82, 2.24) is 0 Å². The highest BCUT2D eigenvalue weighted by Crippen LogP contribution is 2.45. The van der Waals surface area contributed by atoms with Crippen molar-refractivity contribution in [3.63, 3.8) is 0 Å². The molecule has 5 heteroatoms. The van der Waals surface area contributed by atoms with Gasteiger partial charge in [-0.3, -0.25) is 0 Å². The third-order valence-corrected chi connectivity index (χ3v) is 5.86. The van der Waals surface area contributed by atoms with E-state index >= 15 is 0 Å². The molecule has 4 rings (SSSR count). The molecule has 2 atom stereocenters. The quantitative estimate of drug-likeness (QED) is 0.409. The predicted octanol–water partition coefficient (Wildman–Crippen LogP) is 6.79. The van der Waals surface area contributed by atoms with Gasteiger partial charge in [-0.05, 0) is 62.2 Å². The van der Waals surface area contributed by atoms with Gasteiger partial charge in [-0.2, -0.15) is 0 Å². The summed E-state index contributed by atoms with van der Waals surface area (Å²) in [5, 5.41) is 4.08. The van der Waals surface area contributed by atoms with Crippen molar-refractivity contribution in [2.45, 2.75) is 51.8 Å². The number of halogens is 1. The van der Waals surface area contributed by atoms with Crippen LogP contribution in [0, 0.1) is 0 Å². The van der Waals surface area contributed by atoms with E-state index in [1.165, 1.54) is 0 Å². The predicted molar refractivity (Wildman–Crippen MR) is 129 cm³/mol. The van der Waals surface area contributed by atoms with E-state index in [9.17, 15) is 0 Å². The van der Waals surface area contributed by atoms with Crippen LogP contribution < -0.4 is 10.1 Å². The summed E-state index contributed by atoms with van der Waals surface area (Å²) in [5.74, 6) is 0.831. The van der Waals surface area contributed by atoms with E-state index < -0.39 is 5.60 Å². The Hall–Kier alpha value is -2.53. The number of rotatable bonds is 8. The SMILES string of the molecule is CCNc1ccc2c(c1)C(OCc1ccccc1)C(OCc1cccc(Cl)c1)C(C)(C)O2. The molecule has 1 heterocycles. The summed E-state index contributed by atoms with van der Waals surface area (Å²) in [6.45, 7) is 7.94. The average molecular weight is 452 g/mol. The van der Waals surface area contributed by atoms with Crippen LogP contribution in [0.5, 0.6) is 5.75 Å². The van der Waals surface area contributed by atoms with E-state index in [1.807, 2.05) is 54.6 Å². The number of fused-ring (bicyclic) bond motifs is 1. The Labute approximate surface area is 195 Å². The molecule has 4 nitrogen and oxygen atoms in total. The molecule has 0 aliphatic carbocycles. The van der Waals surface area contributed by atoms with Crippen molar-refractivity contribution >= 4 is 17.3 Å². The van der Waals surface area contributed by atoms with Crippen LogP contribution in [0.1, 0.15) is 43.6 Å². The summed E-state index contributed by atoms with van der Waals surface area (Å²) in [4.78, 5) is 0. The monoisotopic (exact) mass is 451 g/mol. The molecule has 0 saturated heterocycles. The van der Waals surface area contributed by atoms with Crippen LogP contribution in [0.4, 0.5) is 5.69 Å². The van der Waals surface area contributed by atoms with Crippen LogP contribution in [-0.4, -0.2) is 18.2 Å². The van der Waals surface area contributed by atoms with Gasteiger partial charge < -0.3 is 19.5 Å². The van der Waals surface area contributed by atoms with Gasteiger partial charge in [0, 0.05) is 22.8 Å². The summed E-state index contributed by atoms with van der Waals surface area (Å²) in [6.07, 6.45) is -0.596. The van der Waals surface area contributed by atoms with Crippen molar-refractivity contribution in [3.05, 3.63) is 94.5 Å². The van der Waals surface area contributed by atoms with Gasteiger partial charge in [0.05, 0.1) is 13.2 Å². The molecule has 0 radical (unpaired) electrons. The van der Waals surface area contributed by atoms with E-state index in [-0.39, 0.29) is 12.2 Å². The second-order valence-corrected chi connectivity index (χ2v) is 9.00. The summed E-state index contributed by atoms with van der Waals surface area (Å²) < 4.78 is 19.4. The standard InChI is InChI=1S/C27H30ClNO3/c1-4-29-22-13-14-24-23(16-22)25(30-17-19-9-6-5-7-10-19)26(27(2,3)32-24)31-18-20-11-8-12-21(28)15-20/h5-16,25-26,29H,4,17-18H2,1-3H3. The fraction of sp³-hybridized carbons (Fsp3) is 0.333. The number of hydrogen-bond donors (Lipinski definition) is 1. The zero-order chi connectivity index (χ0) is 22.6. The first-order valence-corrected chi connectivity index (χ1v) is 11.4. The van der Waals surface area contributed by atoms with Crippen LogP contribution in [0.25, 0.3) is 0 Å². The highest BCUT2D eigenvalue weighted by Gasteiger charge is 2.45. The van der Waals surface area contributed by atoms with Crippen molar-refractivity contribution in [2.24, 2.45) is 0 Å². The van der Waals surface area contributed by atoms with Crippen LogP contribution in [0.15, 0.2) is 72.8 Å². The van der Waals surface area contributed by atoms with Crippen LogP contribution >= 0.6 is 11.6 Å². The van der Waals surface area contributed by atoms with E-state index in [2.05, 4.69) is 44.3 Å². The van der Waals surface area contributed by atoms with Gasteiger partial charge in [0.2, 0.25) is 0 Å². The largest absolute Gasteiger partial charge is 0.485 e. The van der Waals surface area contributed by atoms with Gasteiger partial charge in [0.1, 0.15) is 23.6 Å². The molecular formula is C27H30ClNO3. The highest BCUT2D eigenvalue weighted by atomic mass is 35.5. The van der Waals surface area contributed by atoms with Gasteiger partial charge in [0.25, 0.3) is 0 Å². The molecule has 1 aliphatic heterocycles. The van der Waals surface area contributed by atoms with Crippen molar-refractivity contribution in [2.75, 3.05) is 11.9 Å². The Kier molecular flexibility index (Phi) is 7.04. The molecule has 3 aromatic carbocycles. The average Bonchev–Trinajstić information content (AvgIpc) is 2.77. The summed E-state index contributed by atoms with van der Waals surface area (Å²) in [6, 6.07) is 24.1. The fourth-order valence-corrected chi connectivity index (χ4v) is 4.30. The second-order valence-electron chi connectivity index (χ2n) is 8.57. The van der Waals surface area contributed by atoms with Crippen molar-refractivity contribution < 1.29 is 14.2 Å². The maximum Gasteiger partial charge on any atom is 0.132 e. The molecule has 168 valence electrons. The van der Waals surface area contributed by atoms with Gasteiger partial charge in [-0.1, -0.05) is 54.1 Å². The molecular weight excluding hydrogens is 422 g/mol. The van der Waals surface area contributed by atoms with E-state index in [0.29, 0.717) is 18.2 Å². The van der Waals surface area contributed by atoms with Gasteiger partial charge in [-0.15, -0.1) is 0 Å². The number of ether oxygens (including phenoxy) is 3. The number of nitrogens with one attached hydrogen (secondary N) is 1. The van der Waals surface area contributed by atoms with E-state index in [1.54, 1.807) is 0 Å². The molecule has 0 bridgehead atoms. The zero-order valence-electron chi connectivity index (χ0n) is 18.8. The molecule has 0 aromatic heterocycles. The first kappa shape index (κ1) is 22.7. The fourth-order valence-electron chi connectivity index (χ4n) is 4.09. The molecule has 0 spiro atoms.